The zero-order chi connectivity index (χ0) is 84.5. The molecular formula is C121H79N7. The molecule has 0 unspecified atom stereocenters. The van der Waals surface area contributed by atoms with Gasteiger partial charge in [-0.3, -0.25) is 0 Å². The Morgan fingerprint density at radius 2 is 0.531 bits per heavy atom. The monoisotopic (exact) mass is 1630 g/mol. The van der Waals surface area contributed by atoms with Gasteiger partial charge in [0.05, 0.1) is 72.6 Å². The van der Waals surface area contributed by atoms with E-state index in [0.717, 1.165) is 129 Å². The van der Waals surface area contributed by atoms with Crippen LogP contribution in [0, 0.1) is 0 Å². The number of para-hydroxylation sites is 7. The van der Waals surface area contributed by atoms with Crippen LogP contribution in [0.1, 0.15) is 0 Å². The van der Waals surface area contributed by atoms with Crippen LogP contribution in [0.4, 0.5) is 0 Å². The average Bonchev–Trinajstić information content (AvgIpc) is 1.55. The van der Waals surface area contributed by atoms with E-state index >= 15 is 0 Å². The van der Waals surface area contributed by atoms with Crippen molar-refractivity contribution in [2.75, 3.05) is 0 Å². The number of nitrogens with zero attached hydrogens (tertiary/aromatic N) is 7. The second-order valence-electron chi connectivity index (χ2n) is 32.8. The highest BCUT2D eigenvalue weighted by Gasteiger charge is 2.27. The van der Waals surface area contributed by atoms with Crippen molar-refractivity contribution in [3.63, 3.8) is 0 Å². The van der Waals surface area contributed by atoms with E-state index in [1.807, 2.05) is 0 Å². The van der Waals surface area contributed by atoms with Gasteiger partial charge in [0.2, 0.25) is 0 Å². The van der Waals surface area contributed by atoms with Crippen LogP contribution in [-0.4, -0.2) is 33.2 Å². The molecule has 7 nitrogen and oxygen atoms in total. The van der Waals surface area contributed by atoms with Gasteiger partial charge in [-0.1, -0.05) is 376 Å². The Hall–Kier alpha value is -17.1. The first kappa shape index (κ1) is 74.7. The third-order valence-corrected chi connectivity index (χ3v) is 25.5. The van der Waals surface area contributed by atoms with Gasteiger partial charge in [0.15, 0.2) is 5.82 Å². The molecule has 0 fully saturated rings. The summed E-state index contributed by atoms with van der Waals surface area (Å²) >= 11 is 0. The predicted octanol–water partition coefficient (Wildman–Crippen LogP) is 31.8. The van der Waals surface area contributed by atoms with E-state index < -0.39 is 0 Å². The Morgan fingerprint density at radius 3 is 1.14 bits per heavy atom. The van der Waals surface area contributed by atoms with Gasteiger partial charge in [0.25, 0.3) is 0 Å². The van der Waals surface area contributed by atoms with Crippen molar-refractivity contribution in [3.8, 4) is 135 Å². The minimum absolute atomic E-state index is 0.663. The standard InChI is InChI=1S/C64H42N4.C57H37N3/c1-4-19-43(20-5-1)45-35-37-46(38-36-45)56-42-57(48-24-18-23-47(41-48)44-21-6-2-7-22-44)66-64(65-56)54-30-11-10-27-50(54)51-28-12-16-33-59(51)68-60-34-17-14-31-55(60)62-61(68)40-39-53-52-29-13-15-32-58(52)67(63(53)62)49-25-8-3-9-26-49;1-3-17-40(18-4-1)51-36-41(46-27-15-19-38-16-7-8-22-44(38)46)37-52(58-51)47-24-10-9-23-45(47)39-30-32-43(33-31-39)59-54-29-14-12-26-50(54)56-55(59)35-34-49-48-25-11-13-28-53(48)60(57(49)56)42-20-5-2-6-21-42/h1-42H;1-37H. The fraction of sp³-hybridized carbons (Fsp3) is 0. The van der Waals surface area contributed by atoms with Crippen LogP contribution >= 0.6 is 0 Å². The molecule has 25 rings (SSSR count). The lowest BCUT2D eigenvalue weighted by Crippen LogP contribution is -2.00. The number of benzene rings is 19. The number of fused-ring (bicyclic) bond motifs is 15. The summed E-state index contributed by atoms with van der Waals surface area (Å²) in [7, 11) is 0. The molecule has 0 N–H and O–H groups in total. The van der Waals surface area contributed by atoms with Gasteiger partial charge in [0, 0.05) is 93.5 Å². The maximum absolute atomic E-state index is 5.45. The molecule has 0 saturated heterocycles. The molecule has 6 heterocycles. The van der Waals surface area contributed by atoms with E-state index in [1.54, 1.807) is 0 Å². The third kappa shape index (κ3) is 12.9. The molecule has 598 valence electrons. The van der Waals surface area contributed by atoms with Crippen molar-refractivity contribution in [1.29, 1.82) is 0 Å². The van der Waals surface area contributed by atoms with Gasteiger partial charge in [-0.2, -0.15) is 0 Å². The molecule has 0 spiro atoms. The molecule has 0 aliphatic rings. The highest BCUT2D eigenvalue weighted by atomic mass is 15.0. The Balaban J connectivity index is 0.000000144. The number of hydrogen-bond acceptors (Lipinski definition) is 3. The smallest absolute Gasteiger partial charge is 0.161 e. The van der Waals surface area contributed by atoms with Gasteiger partial charge in [-0.05, 0) is 164 Å². The summed E-state index contributed by atoms with van der Waals surface area (Å²) in [4.78, 5) is 16.2. The van der Waals surface area contributed by atoms with Crippen LogP contribution in [0.25, 0.3) is 233 Å². The molecule has 0 bridgehead atoms. The summed E-state index contributed by atoms with van der Waals surface area (Å²) in [5, 5.41) is 12.3. The Labute approximate surface area is 740 Å². The number of aromatic nitrogens is 7. The highest BCUT2D eigenvalue weighted by molar-refractivity contribution is 6.28. The van der Waals surface area contributed by atoms with Crippen molar-refractivity contribution < 1.29 is 0 Å². The summed E-state index contributed by atoms with van der Waals surface area (Å²) in [5.41, 5.74) is 34.2. The summed E-state index contributed by atoms with van der Waals surface area (Å²) < 4.78 is 9.76. The van der Waals surface area contributed by atoms with E-state index in [9.17, 15) is 0 Å². The summed E-state index contributed by atoms with van der Waals surface area (Å²) in [6.07, 6.45) is 0. The van der Waals surface area contributed by atoms with Gasteiger partial charge in [-0.25, -0.2) is 15.0 Å². The summed E-state index contributed by atoms with van der Waals surface area (Å²) in [5.74, 6) is 0.663. The molecule has 0 aliphatic carbocycles. The van der Waals surface area contributed by atoms with Crippen LogP contribution in [0.2, 0.25) is 0 Å². The fourth-order valence-corrected chi connectivity index (χ4v) is 19.7. The highest BCUT2D eigenvalue weighted by Crippen LogP contribution is 2.48. The second kappa shape index (κ2) is 31.6. The molecule has 0 aliphatic heterocycles. The van der Waals surface area contributed by atoms with E-state index in [1.165, 1.54) is 98.1 Å². The lowest BCUT2D eigenvalue weighted by molar-refractivity contribution is 1.17. The molecule has 0 atom stereocenters. The predicted molar refractivity (Wildman–Crippen MR) is 535 cm³/mol. The molecular weight excluding hydrogens is 1550 g/mol. The quantitative estimate of drug-likeness (QED) is 0.109. The third-order valence-electron chi connectivity index (χ3n) is 25.5. The second-order valence-corrected chi connectivity index (χ2v) is 32.8. The Morgan fingerprint density at radius 1 is 0.156 bits per heavy atom. The van der Waals surface area contributed by atoms with Gasteiger partial charge in [-0.15, -0.1) is 0 Å². The normalized spacial score (nSPS) is 11.6. The van der Waals surface area contributed by atoms with Crippen LogP contribution in [0.3, 0.4) is 0 Å². The largest absolute Gasteiger partial charge is 0.309 e. The molecule has 25 aromatic rings. The van der Waals surface area contributed by atoms with Crippen molar-refractivity contribution in [1.82, 2.24) is 33.2 Å². The van der Waals surface area contributed by atoms with Gasteiger partial charge < -0.3 is 18.3 Å². The van der Waals surface area contributed by atoms with Crippen LogP contribution < -0.4 is 0 Å². The molecule has 0 saturated carbocycles. The van der Waals surface area contributed by atoms with Crippen LogP contribution in [0.5, 0.6) is 0 Å². The number of rotatable bonds is 14. The molecule has 6 aromatic heterocycles. The fourth-order valence-electron chi connectivity index (χ4n) is 19.7. The number of pyridine rings is 1. The first-order valence-corrected chi connectivity index (χ1v) is 43.7. The van der Waals surface area contributed by atoms with E-state index in [2.05, 4.69) is 498 Å². The van der Waals surface area contributed by atoms with Crippen LogP contribution in [0.15, 0.2) is 479 Å². The maximum atomic E-state index is 5.45. The van der Waals surface area contributed by atoms with Crippen molar-refractivity contribution in [3.05, 3.63) is 479 Å². The lowest BCUT2D eigenvalue weighted by Gasteiger charge is -2.17. The minimum atomic E-state index is 0.663. The molecule has 7 heteroatoms. The lowest BCUT2D eigenvalue weighted by atomic mass is 9.93. The molecule has 0 radical (unpaired) electrons. The first-order chi connectivity index (χ1) is 63.5. The molecule has 0 amide bonds. The minimum Gasteiger partial charge on any atom is -0.309 e. The van der Waals surface area contributed by atoms with Gasteiger partial charge in [0.1, 0.15) is 0 Å². The Bertz CT molecular complexity index is 8580. The zero-order valence-electron chi connectivity index (χ0n) is 69.7. The topological polar surface area (TPSA) is 58.4 Å². The van der Waals surface area contributed by atoms with Crippen molar-refractivity contribution in [2.45, 2.75) is 0 Å². The average molecular weight is 1630 g/mol. The SMILES string of the molecule is c1ccc(-c2cc(-c3cccc4ccccc34)cc(-c3ccccc3-c3ccc(-n4c5ccccc5c5c4ccc4c6ccccc6n(-c6ccccc6)c45)cc3)n2)cc1.c1ccc(-c2ccc(-c3cc(-c4cccc(-c5ccccc5)c4)nc(-c4ccccc4-c4ccccc4-n4c5ccccc5c5c4ccc4c6ccccc6n(-c6ccccc6)c45)n3)cc2)cc1. The summed E-state index contributed by atoms with van der Waals surface area (Å²) in [6, 6.07) is 172. The van der Waals surface area contributed by atoms with Crippen molar-refractivity contribution >= 4 is 98.0 Å². The molecule has 128 heavy (non-hydrogen) atoms. The zero-order valence-corrected chi connectivity index (χ0v) is 69.7. The van der Waals surface area contributed by atoms with Crippen LogP contribution in [-0.2, 0) is 0 Å². The maximum Gasteiger partial charge on any atom is 0.161 e. The molecule has 19 aromatic carbocycles. The van der Waals surface area contributed by atoms with E-state index in [-0.39, 0.29) is 0 Å². The van der Waals surface area contributed by atoms with E-state index in [4.69, 9.17) is 15.0 Å². The number of hydrogen-bond donors (Lipinski definition) is 0. The first-order valence-electron chi connectivity index (χ1n) is 43.7. The van der Waals surface area contributed by atoms with Gasteiger partial charge >= 0.3 is 0 Å². The van der Waals surface area contributed by atoms with Crippen molar-refractivity contribution in [2.24, 2.45) is 0 Å². The Kier molecular flexibility index (Phi) is 18.5. The van der Waals surface area contributed by atoms with E-state index in [0.29, 0.717) is 5.82 Å². The summed E-state index contributed by atoms with van der Waals surface area (Å²) in [6.45, 7) is 0.